The van der Waals surface area contributed by atoms with E-state index in [2.05, 4.69) is 18.3 Å². The summed E-state index contributed by atoms with van der Waals surface area (Å²) in [4.78, 5) is 11.6. The van der Waals surface area contributed by atoms with Gasteiger partial charge in [-0.1, -0.05) is 19.1 Å². The third-order valence-corrected chi connectivity index (χ3v) is 3.82. The minimum atomic E-state index is -0.677. The topological polar surface area (TPSA) is 64.3 Å². The lowest BCUT2D eigenvalue weighted by atomic mass is 9.97. The molecule has 0 saturated heterocycles. The summed E-state index contributed by atoms with van der Waals surface area (Å²) in [5, 5.41) is 3.32. The Balaban J connectivity index is 1.87. The van der Waals surface area contributed by atoms with Crippen LogP contribution in [0.3, 0.4) is 0 Å². The average Bonchev–Trinajstić information content (AvgIpc) is 3.22. The van der Waals surface area contributed by atoms with Gasteiger partial charge < -0.3 is 15.8 Å². The Bertz CT molecular complexity index is 471. The normalized spacial score (nSPS) is 17.5. The van der Waals surface area contributed by atoms with Crippen molar-refractivity contribution >= 4 is 5.91 Å². The van der Waals surface area contributed by atoms with Gasteiger partial charge in [0.15, 0.2) is 0 Å². The zero-order valence-corrected chi connectivity index (χ0v) is 12.3. The van der Waals surface area contributed by atoms with Gasteiger partial charge in [-0.25, -0.2) is 0 Å². The van der Waals surface area contributed by atoms with Crippen LogP contribution in [-0.2, 0) is 11.2 Å². The fraction of sp³-hybridized carbons (Fsp3) is 0.562. The Morgan fingerprint density at radius 1 is 1.50 bits per heavy atom. The van der Waals surface area contributed by atoms with E-state index in [0.717, 1.165) is 25.0 Å². The van der Waals surface area contributed by atoms with Crippen molar-refractivity contribution in [3.05, 3.63) is 29.8 Å². The second kappa shape index (κ2) is 6.27. The van der Waals surface area contributed by atoms with Gasteiger partial charge >= 0.3 is 0 Å². The van der Waals surface area contributed by atoms with Crippen molar-refractivity contribution in [3.8, 4) is 5.75 Å². The van der Waals surface area contributed by atoms with E-state index in [9.17, 15) is 4.79 Å². The number of carbonyl (C=O) groups excluding carboxylic acids is 1. The minimum absolute atomic E-state index is 0.310. The highest BCUT2D eigenvalue weighted by Crippen LogP contribution is 2.24. The zero-order valence-electron chi connectivity index (χ0n) is 12.3. The van der Waals surface area contributed by atoms with Gasteiger partial charge in [-0.15, -0.1) is 0 Å². The molecule has 20 heavy (non-hydrogen) atoms. The van der Waals surface area contributed by atoms with Gasteiger partial charge in [0, 0.05) is 12.5 Å². The van der Waals surface area contributed by atoms with Crippen molar-refractivity contribution in [1.29, 1.82) is 0 Å². The van der Waals surface area contributed by atoms with Crippen LogP contribution < -0.4 is 15.8 Å². The number of rotatable bonds is 8. The number of carbonyl (C=O) groups is 1. The molecule has 1 amide bonds. The molecule has 0 spiro atoms. The number of nitrogens with two attached hydrogens (primary N) is 1. The number of hydrogen-bond acceptors (Lipinski definition) is 3. The molecule has 1 aliphatic carbocycles. The summed E-state index contributed by atoms with van der Waals surface area (Å²) in [5.74, 6) is 0.540. The van der Waals surface area contributed by atoms with Crippen LogP contribution in [0.15, 0.2) is 24.3 Å². The third-order valence-electron chi connectivity index (χ3n) is 3.82. The van der Waals surface area contributed by atoms with Crippen LogP contribution in [0, 0.1) is 0 Å². The van der Waals surface area contributed by atoms with E-state index < -0.39 is 5.54 Å². The molecule has 1 aliphatic rings. The van der Waals surface area contributed by atoms with Gasteiger partial charge in [0.2, 0.25) is 5.91 Å². The summed E-state index contributed by atoms with van der Waals surface area (Å²) in [6.45, 7) is 4.45. The van der Waals surface area contributed by atoms with Gasteiger partial charge in [0.25, 0.3) is 0 Å². The van der Waals surface area contributed by atoms with E-state index in [1.54, 1.807) is 0 Å². The molecule has 1 fully saturated rings. The summed E-state index contributed by atoms with van der Waals surface area (Å²) in [6, 6.07) is 8.49. The van der Waals surface area contributed by atoms with Crippen molar-refractivity contribution in [2.45, 2.75) is 51.1 Å². The Morgan fingerprint density at radius 2 is 2.25 bits per heavy atom. The highest BCUT2D eigenvalue weighted by Gasteiger charge is 2.36. The van der Waals surface area contributed by atoms with Gasteiger partial charge in [0.1, 0.15) is 5.75 Å². The van der Waals surface area contributed by atoms with Crippen LogP contribution >= 0.6 is 0 Å². The van der Waals surface area contributed by atoms with Crippen molar-refractivity contribution in [1.82, 2.24) is 5.32 Å². The molecule has 4 nitrogen and oxygen atoms in total. The molecule has 1 atom stereocenters. The predicted octanol–water partition coefficient (Wildman–Crippen LogP) is 2.01. The lowest BCUT2D eigenvalue weighted by Gasteiger charge is -2.27. The van der Waals surface area contributed by atoms with Crippen LogP contribution in [0.5, 0.6) is 5.75 Å². The maximum absolute atomic E-state index is 11.6. The SMILES string of the molecule is CCc1cccc(OCCC(C)(NC2CC2)C(N)=O)c1. The Labute approximate surface area is 120 Å². The number of amides is 1. The van der Waals surface area contributed by atoms with Crippen LogP contribution in [0.25, 0.3) is 0 Å². The lowest BCUT2D eigenvalue weighted by Crippen LogP contribution is -2.54. The van der Waals surface area contributed by atoms with Gasteiger partial charge in [0.05, 0.1) is 12.1 Å². The van der Waals surface area contributed by atoms with Crippen molar-refractivity contribution in [2.75, 3.05) is 6.61 Å². The maximum Gasteiger partial charge on any atom is 0.237 e. The van der Waals surface area contributed by atoms with Gasteiger partial charge in [-0.3, -0.25) is 4.79 Å². The standard InChI is InChI=1S/C16H24N2O2/c1-3-12-5-4-6-14(11-12)20-10-9-16(2,15(17)19)18-13-7-8-13/h4-6,11,13,18H,3,7-10H2,1-2H3,(H2,17,19). The molecule has 1 aromatic rings. The molecule has 0 aromatic heterocycles. The van der Waals surface area contributed by atoms with Crippen molar-refractivity contribution in [3.63, 3.8) is 0 Å². The first-order chi connectivity index (χ1) is 9.53. The van der Waals surface area contributed by atoms with E-state index in [4.69, 9.17) is 10.5 Å². The van der Waals surface area contributed by atoms with Crippen molar-refractivity contribution in [2.24, 2.45) is 5.73 Å². The molecule has 0 heterocycles. The highest BCUT2D eigenvalue weighted by atomic mass is 16.5. The summed E-state index contributed by atoms with van der Waals surface area (Å²) < 4.78 is 5.75. The number of aryl methyl sites for hydroxylation is 1. The summed E-state index contributed by atoms with van der Waals surface area (Å²) in [5.41, 5.74) is 6.08. The molecule has 2 rings (SSSR count). The number of hydrogen-bond donors (Lipinski definition) is 2. The molecular weight excluding hydrogens is 252 g/mol. The molecule has 1 saturated carbocycles. The number of nitrogens with one attached hydrogen (secondary N) is 1. The quantitative estimate of drug-likeness (QED) is 0.763. The number of benzene rings is 1. The van der Waals surface area contributed by atoms with Crippen LogP contribution in [0.2, 0.25) is 0 Å². The fourth-order valence-corrected chi connectivity index (χ4v) is 2.17. The molecule has 110 valence electrons. The molecule has 1 unspecified atom stereocenters. The van der Waals surface area contributed by atoms with Gasteiger partial charge in [-0.2, -0.15) is 0 Å². The second-order valence-corrected chi connectivity index (χ2v) is 5.71. The third kappa shape index (κ3) is 3.97. The fourth-order valence-electron chi connectivity index (χ4n) is 2.17. The summed E-state index contributed by atoms with van der Waals surface area (Å²) in [6.07, 6.45) is 3.82. The smallest absolute Gasteiger partial charge is 0.237 e. The first-order valence-electron chi connectivity index (χ1n) is 7.33. The molecule has 1 aromatic carbocycles. The second-order valence-electron chi connectivity index (χ2n) is 5.71. The maximum atomic E-state index is 11.6. The Kier molecular flexibility index (Phi) is 4.65. The zero-order chi connectivity index (χ0) is 14.6. The average molecular weight is 276 g/mol. The number of ether oxygens (including phenoxy) is 1. The van der Waals surface area contributed by atoms with Crippen LogP contribution in [-0.4, -0.2) is 24.1 Å². The Hall–Kier alpha value is -1.55. The van der Waals surface area contributed by atoms with Crippen LogP contribution in [0.4, 0.5) is 0 Å². The predicted molar refractivity (Wildman–Crippen MR) is 79.7 cm³/mol. The van der Waals surface area contributed by atoms with E-state index in [-0.39, 0.29) is 5.91 Å². The summed E-state index contributed by atoms with van der Waals surface area (Å²) >= 11 is 0. The molecule has 3 N–H and O–H groups in total. The van der Waals surface area contributed by atoms with E-state index in [1.165, 1.54) is 5.56 Å². The van der Waals surface area contributed by atoms with Crippen LogP contribution in [0.1, 0.15) is 38.7 Å². The highest BCUT2D eigenvalue weighted by molar-refractivity contribution is 5.84. The molecule has 0 radical (unpaired) electrons. The lowest BCUT2D eigenvalue weighted by molar-refractivity contribution is -0.124. The van der Waals surface area contributed by atoms with Crippen molar-refractivity contribution < 1.29 is 9.53 Å². The first kappa shape index (κ1) is 14.9. The first-order valence-corrected chi connectivity index (χ1v) is 7.33. The minimum Gasteiger partial charge on any atom is -0.494 e. The van der Waals surface area contributed by atoms with E-state index >= 15 is 0 Å². The Morgan fingerprint density at radius 3 is 2.85 bits per heavy atom. The number of primary amides is 1. The van der Waals surface area contributed by atoms with E-state index in [1.807, 2.05) is 25.1 Å². The van der Waals surface area contributed by atoms with E-state index in [0.29, 0.717) is 19.1 Å². The monoisotopic (exact) mass is 276 g/mol. The molecular formula is C16H24N2O2. The van der Waals surface area contributed by atoms with Gasteiger partial charge in [-0.05, 0) is 43.9 Å². The summed E-state index contributed by atoms with van der Waals surface area (Å²) in [7, 11) is 0. The molecule has 4 heteroatoms. The molecule has 0 aliphatic heterocycles. The molecule has 0 bridgehead atoms. The largest absolute Gasteiger partial charge is 0.494 e.